The van der Waals surface area contributed by atoms with Gasteiger partial charge in [-0.05, 0) is 25.7 Å². The molecule has 0 spiro atoms. The molecule has 3 atom stereocenters. The molecule has 1 aliphatic heterocycles. The van der Waals surface area contributed by atoms with Gasteiger partial charge in [-0.25, -0.2) is 9.59 Å². The average Bonchev–Trinajstić information content (AvgIpc) is 3.13. The predicted octanol–water partition coefficient (Wildman–Crippen LogP) is 1.38. The Morgan fingerprint density at radius 3 is 2.61 bits per heavy atom. The van der Waals surface area contributed by atoms with Gasteiger partial charge in [-0.2, -0.15) is 11.8 Å². The maximum atomic E-state index is 12.1. The molecule has 102 valence electrons. The van der Waals surface area contributed by atoms with Crippen molar-refractivity contribution in [1.82, 2.24) is 10.2 Å². The average molecular weight is 272 g/mol. The van der Waals surface area contributed by atoms with E-state index in [0.29, 0.717) is 11.8 Å². The zero-order valence-electron chi connectivity index (χ0n) is 10.8. The lowest BCUT2D eigenvalue weighted by Crippen LogP contribution is -2.55. The van der Waals surface area contributed by atoms with Gasteiger partial charge in [0.25, 0.3) is 0 Å². The van der Waals surface area contributed by atoms with Crippen molar-refractivity contribution in [3.05, 3.63) is 0 Å². The number of hydrogen-bond donors (Lipinski definition) is 2. The quantitative estimate of drug-likeness (QED) is 0.814. The van der Waals surface area contributed by atoms with E-state index in [9.17, 15) is 9.59 Å². The summed E-state index contributed by atoms with van der Waals surface area (Å²) >= 11 is 1.85. The number of rotatable bonds is 3. The van der Waals surface area contributed by atoms with Crippen LogP contribution < -0.4 is 5.32 Å². The summed E-state index contributed by atoms with van der Waals surface area (Å²) in [6.45, 7) is 4.81. The number of nitrogens with zero attached hydrogens (tertiary/aromatic N) is 1. The van der Waals surface area contributed by atoms with E-state index in [1.54, 1.807) is 4.90 Å². The summed E-state index contributed by atoms with van der Waals surface area (Å²) in [6.07, 6.45) is 1.80. The predicted molar refractivity (Wildman–Crippen MR) is 70.8 cm³/mol. The maximum absolute atomic E-state index is 12.1. The van der Waals surface area contributed by atoms with E-state index in [-0.39, 0.29) is 18.0 Å². The fourth-order valence-electron chi connectivity index (χ4n) is 2.25. The number of hydrogen-bond acceptors (Lipinski definition) is 3. The van der Waals surface area contributed by atoms with E-state index < -0.39 is 12.0 Å². The summed E-state index contributed by atoms with van der Waals surface area (Å²) in [7, 11) is 0. The van der Waals surface area contributed by atoms with E-state index in [1.807, 2.05) is 18.7 Å². The van der Waals surface area contributed by atoms with Gasteiger partial charge in [-0.15, -0.1) is 0 Å². The van der Waals surface area contributed by atoms with E-state index >= 15 is 0 Å². The molecule has 1 heterocycles. The third-order valence-electron chi connectivity index (χ3n) is 3.78. The lowest BCUT2D eigenvalue weighted by atomic mass is 10.2. The van der Waals surface area contributed by atoms with Crippen molar-refractivity contribution in [2.24, 2.45) is 5.92 Å². The van der Waals surface area contributed by atoms with Crippen LogP contribution in [0.3, 0.4) is 0 Å². The van der Waals surface area contributed by atoms with Gasteiger partial charge in [0.1, 0.15) is 6.04 Å². The summed E-state index contributed by atoms with van der Waals surface area (Å²) in [5.41, 5.74) is 0. The summed E-state index contributed by atoms with van der Waals surface area (Å²) in [5.74, 6) is 0.122. The molecule has 0 bridgehead atoms. The first-order chi connectivity index (χ1) is 8.50. The zero-order chi connectivity index (χ0) is 13.3. The lowest BCUT2D eigenvalue weighted by molar-refractivity contribution is -0.139. The molecule has 2 rings (SSSR count). The molecule has 0 aromatic heterocycles. The van der Waals surface area contributed by atoms with Gasteiger partial charge in [0.15, 0.2) is 0 Å². The fourth-order valence-corrected chi connectivity index (χ4v) is 3.35. The molecule has 1 saturated heterocycles. The second-order valence-corrected chi connectivity index (χ2v) is 6.60. The van der Waals surface area contributed by atoms with Crippen molar-refractivity contribution in [2.75, 3.05) is 12.3 Å². The molecule has 0 aromatic rings. The molecule has 3 unspecified atom stereocenters. The molecule has 6 heteroatoms. The molecule has 1 saturated carbocycles. The Morgan fingerprint density at radius 2 is 2.06 bits per heavy atom. The number of thioether (sulfide) groups is 1. The highest BCUT2D eigenvalue weighted by Crippen LogP contribution is 2.33. The maximum Gasteiger partial charge on any atom is 0.326 e. The van der Waals surface area contributed by atoms with Crippen LogP contribution in [0.25, 0.3) is 0 Å². The van der Waals surface area contributed by atoms with E-state index in [4.69, 9.17) is 5.11 Å². The Morgan fingerprint density at radius 1 is 1.39 bits per heavy atom. The minimum atomic E-state index is -0.919. The first kappa shape index (κ1) is 13.5. The Balaban J connectivity index is 1.95. The normalized spacial score (nSPS) is 29.8. The van der Waals surface area contributed by atoms with Crippen LogP contribution in [0.4, 0.5) is 4.79 Å². The second-order valence-electron chi connectivity index (χ2n) is 5.11. The number of aliphatic carboxylic acids is 1. The largest absolute Gasteiger partial charge is 0.480 e. The molecule has 2 N–H and O–H groups in total. The molecular weight excluding hydrogens is 252 g/mol. The third-order valence-corrected chi connectivity index (χ3v) is 5.12. The summed E-state index contributed by atoms with van der Waals surface area (Å²) < 4.78 is 0. The van der Waals surface area contributed by atoms with Gasteiger partial charge < -0.3 is 15.3 Å². The van der Waals surface area contributed by atoms with E-state index in [2.05, 4.69) is 12.2 Å². The smallest absolute Gasteiger partial charge is 0.326 e. The number of urea groups is 1. The lowest BCUT2D eigenvalue weighted by Gasteiger charge is -2.37. The molecule has 2 fully saturated rings. The van der Waals surface area contributed by atoms with Crippen LogP contribution in [0, 0.1) is 5.92 Å². The molecule has 0 aromatic carbocycles. The van der Waals surface area contributed by atoms with Crippen molar-refractivity contribution in [2.45, 2.75) is 44.0 Å². The van der Waals surface area contributed by atoms with Crippen molar-refractivity contribution >= 4 is 23.8 Å². The van der Waals surface area contributed by atoms with E-state index in [0.717, 1.165) is 18.6 Å². The molecule has 2 amide bonds. The standard InChI is InChI=1S/C12H20N2O3S/c1-7-8(2)18-6-5-14(7)12(17)13-10(11(15)16)9-3-4-9/h7-10H,3-6H2,1-2H3,(H,13,17)(H,15,16). The summed E-state index contributed by atoms with van der Waals surface area (Å²) in [5, 5.41) is 12.2. The summed E-state index contributed by atoms with van der Waals surface area (Å²) in [6, 6.07) is -0.791. The number of carbonyl (C=O) groups is 2. The van der Waals surface area contributed by atoms with Crippen LogP contribution in [-0.2, 0) is 4.79 Å². The van der Waals surface area contributed by atoms with Gasteiger partial charge >= 0.3 is 12.0 Å². The van der Waals surface area contributed by atoms with Gasteiger partial charge in [-0.1, -0.05) is 6.92 Å². The topological polar surface area (TPSA) is 69.6 Å². The minimum absolute atomic E-state index is 0.123. The number of carboxylic acids is 1. The van der Waals surface area contributed by atoms with Gasteiger partial charge in [0.05, 0.1) is 0 Å². The van der Waals surface area contributed by atoms with Crippen molar-refractivity contribution in [1.29, 1.82) is 0 Å². The number of carbonyl (C=O) groups excluding carboxylic acids is 1. The van der Waals surface area contributed by atoms with E-state index in [1.165, 1.54) is 0 Å². The van der Waals surface area contributed by atoms with Crippen LogP contribution in [0.5, 0.6) is 0 Å². The summed E-state index contributed by atoms with van der Waals surface area (Å²) in [4.78, 5) is 25.0. The minimum Gasteiger partial charge on any atom is -0.480 e. The Hall–Kier alpha value is -0.910. The SMILES string of the molecule is CC1SCCN(C(=O)NC(C(=O)O)C2CC2)C1C. The first-order valence-corrected chi connectivity index (χ1v) is 7.47. The van der Waals surface area contributed by atoms with Crippen LogP contribution in [-0.4, -0.2) is 51.6 Å². The van der Waals surface area contributed by atoms with Gasteiger partial charge in [0, 0.05) is 23.6 Å². The molecule has 5 nitrogen and oxygen atoms in total. The van der Waals surface area contributed by atoms with Crippen LogP contribution in [0.15, 0.2) is 0 Å². The highest BCUT2D eigenvalue weighted by Gasteiger charge is 2.39. The monoisotopic (exact) mass is 272 g/mol. The zero-order valence-corrected chi connectivity index (χ0v) is 11.6. The van der Waals surface area contributed by atoms with Crippen LogP contribution >= 0.6 is 11.8 Å². The molecular formula is C12H20N2O3S. The Bertz CT molecular complexity index is 346. The van der Waals surface area contributed by atoms with Crippen LogP contribution in [0.2, 0.25) is 0 Å². The fraction of sp³-hybridized carbons (Fsp3) is 0.833. The first-order valence-electron chi connectivity index (χ1n) is 6.42. The molecule has 2 aliphatic rings. The van der Waals surface area contributed by atoms with Crippen molar-refractivity contribution in [3.8, 4) is 0 Å². The molecule has 18 heavy (non-hydrogen) atoms. The van der Waals surface area contributed by atoms with Gasteiger partial charge in [-0.3, -0.25) is 0 Å². The van der Waals surface area contributed by atoms with Crippen molar-refractivity contribution < 1.29 is 14.7 Å². The molecule has 0 radical (unpaired) electrons. The number of amides is 2. The number of carboxylic acid groups (broad SMARTS) is 1. The highest BCUT2D eigenvalue weighted by atomic mass is 32.2. The Kier molecular flexibility index (Phi) is 4.04. The van der Waals surface area contributed by atoms with Gasteiger partial charge in [0.2, 0.25) is 0 Å². The van der Waals surface area contributed by atoms with Crippen molar-refractivity contribution in [3.63, 3.8) is 0 Å². The second kappa shape index (κ2) is 5.38. The Labute approximate surface area is 111 Å². The highest BCUT2D eigenvalue weighted by molar-refractivity contribution is 8.00. The third kappa shape index (κ3) is 2.91. The molecule has 1 aliphatic carbocycles. The number of nitrogens with one attached hydrogen (secondary N) is 1. The van der Waals surface area contributed by atoms with Crippen LogP contribution in [0.1, 0.15) is 26.7 Å².